The number of aryl methyl sites for hydroxylation is 1. The zero-order valence-corrected chi connectivity index (χ0v) is 12.1. The van der Waals surface area contributed by atoms with Crippen molar-refractivity contribution >= 4 is 23.2 Å². The smallest absolute Gasteiger partial charge is 0.123 e. The van der Waals surface area contributed by atoms with Gasteiger partial charge in [-0.2, -0.15) is 5.10 Å². The van der Waals surface area contributed by atoms with Crippen LogP contribution >= 0.6 is 23.2 Å². The molecule has 0 aliphatic heterocycles. The van der Waals surface area contributed by atoms with Crippen LogP contribution in [0.4, 0.5) is 4.39 Å². The topological polar surface area (TPSA) is 17.8 Å². The monoisotopic (exact) mass is 300 g/mol. The summed E-state index contributed by atoms with van der Waals surface area (Å²) in [6.07, 6.45) is 4.42. The second kappa shape index (κ2) is 5.93. The largest absolute Gasteiger partial charge is 0.276 e. The van der Waals surface area contributed by atoms with E-state index in [4.69, 9.17) is 23.2 Å². The Bertz CT molecular complexity index is 533. The Morgan fingerprint density at radius 2 is 1.84 bits per heavy atom. The lowest BCUT2D eigenvalue weighted by Gasteiger charge is -2.29. The van der Waals surface area contributed by atoms with Crippen LogP contribution in [0.1, 0.15) is 11.1 Å². The molecule has 0 spiro atoms. The van der Waals surface area contributed by atoms with Gasteiger partial charge in [-0.25, -0.2) is 4.39 Å². The maximum absolute atomic E-state index is 13.0. The van der Waals surface area contributed by atoms with Crippen molar-refractivity contribution in [2.45, 2.75) is 11.8 Å². The number of benzene rings is 1. The molecule has 0 saturated heterocycles. The molecule has 2 rings (SSSR count). The highest BCUT2D eigenvalue weighted by molar-refractivity contribution is 6.22. The number of rotatable bonds is 5. The van der Waals surface area contributed by atoms with Crippen molar-refractivity contribution in [3.63, 3.8) is 0 Å². The van der Waals surface area contributed by atoms with Crippen LogP contribution in [0.15, 0.2) is 36.7 Å². The van der Waals surface area contributed by atoms with Gasteiger partial charge < -0.3 is 0 Å². The van der Waals surface area contributed by atoms with Gasteiger partial charge in [0.1, 0.15) is 5.82 Å². The summed E-state index contributed by atoms with van der Waals surface area (Å²) >= 11 is 12.3. The van der Waals surface area contributed by atoms with E-state index in [-0.39, 0.29) is 5.82 Å². The van der Waals surface area contributed by atoms with Crippen molar-refractivity contribution in [3.05, 3.63) is 53.6 Å². The average Bonchev–Trinajstić information content (AvgIpc) is 2.82. The van der Waals surface area contributed by atoms with E-state index < -0.39 is 5.41 Å². The van der Waals surface area contributed by atoms with Gasteiger partial charge in [-0.1, -0.05) is 12.1 Å². The minimum atomic E-state index is -0.403. The third-order valence-corrected chi connectivity index (χ3v) is 4.29. The molecule has 0 fully saturated rings. The molecule has 0 aliphatic rings. The maximum atomic E-state index is 13.0. The normalized spacial score (nSPS) is 11.8. The van der Waals surface area contributed by atoms with Crippen LogP contribution in [0.3, 0.4) is 0 Å². The minimum Gasteiger partial charge on any atom is -0.276 e. The molecule has 0 N–H and O–H groups in total. The van der Waals surface area contributed by atoms with Crippen LogP contribution in [-0.2, 0) is 18.9 Å². The molecule has 2 nitrogen and oxygen atoms in total. The molecule has 0 saturated carbocycles. The van der Waals surface area contributed by atoms with E-state index in [1.807, 2.05) is 13.2 Å². The summed E-state index contributed by atoms with van der Waals surface area (Å²) < 4.78 is 14.8. The van der Waals surface area contributed by atoms with Gasteiger partial charge in [-0.15, -0.1) is 23.2 Å². The van der Waals surface area contributed by atoms with E-state index in [0.29, 0.717) is 18.2 Å². The first kappa shape index (κ1) is 14.4. The predicted octanol–water partition coefficient (Wildman–Crippen LogP) is 3.52. The Labute approximate surface area is 122 Å². The number of halogens is 3. The second-order valence-corrected chi connectivity index (χ2v) is 5.29. The van der Waals surface area contributed by atoms with E-state index in [0.717, 1.165) is 11.1 Å². The molecule has 0 unspecified atom stereocenters. The summed E-state index contributed by atoms with van der Waals surface area (Å²) in [5, 5.41) is 4.15. The molecule has 0 bridgehead atoms. The first-order valence-corrected chi connectivity index (χ1v) is 7.02. The predicted molar refractivity (Wildman–Crippen MR) is 76.4 cm³/mol. The highest BCUT2D eigenvalue weighted by Gasteiger charge is 2.31. The molecule has 0 radical (unpaired) electrons. The molecule has 0 aliphatic carbocycles. The number of hydrogen-bond acceptors (Lipinski definition) is 1. The molecule has 0 amide bonds. The summed E-state index contributed by atoms with van der Waals surface area (Å²) in [7, 11) is 1.87. The quantitative estimate of drug-likeness (QED) is 0.773. The molecule has 19 heavy (non-hydrogen) atoms. The molecule has 0 atom stereocenters. The van der Waals surface area contributed by atoms with Crippen LogP contribution in [0.2, 0.25) is 0 Å². The summed E-state index contributed by atoms with van der Waals surface area (Å²) in [6, 6.07) is 6.37. The molecule has 1 aromatic carbocycles. The van der Waals surface area contributed by atoms with Gasteiger partial charge in [0.15, 0.2) is 0 Å². The summed E-state index contributed by atoms with van der Waals surface area (Å²) in [4.78, 5) is 0. The van der Waals surface area contributed by atoms with E-state index in [2.05, 4.69) is 5.10 Å². The lowest BCUT2D eigenvalue weighted by Crippen LogP contribution is -2.33. The molecule has 2 aromatic rings. The van der Waals surface area contributed by atoms with Crippen molar-refractivity contribution in [2.24, 2.45) is 7.05 Å². The molecular formula is C14H15Cl2FN2. The van der Waals surface area contributed by atoms with Crippen LogP contribution in [0, 0.1) is 5.82 Å². The number of nitrogens with zero attached hydrogens (tertiary/aromatic N) is 2. The van der Waals surface area contributed by atoms with Gasteiger partial charge in [0, 0.05) is 30.4 Å². The third kappa shape index (κ3) is 3.10. The Balaban J connectivity index is 2.33. The molecular weight excluding hydrogens is 286 g/mol. The van der Waals surface area contributed by atoms with E-state index in [1.54, 1.807) is 23.0 Å². The van der Waals surface area contributed by atoms with Crippen LogP contribution < -0.4 is 0 Å². The van der Waals surface area contributed by atoms with Crippen molar-refractivity contribution < 1.29 is 4.39 Å². The van der Waals surface area contributed by atoms with E-state index >= 15 is 0 Å². The number of alkyl halides is 2. The van der Waals surface area contributed by atoms with Crippen LogP contribution in [0.25, 0.3) is 0 Å². The van der Waals surface area contributed by atoms with E-state index in [1.165, 1.54) is 12.1 Å². The van der Waals surface area contributed by atoms with Crippen molar-refractivity contribution in [2.75, 3.05) is 11.8 Å². The van der Waals surface area contributed by atoms with E-state index in [9.17, 15) is 4.39 Å². The fourth-order valence-corrected chi connectivity index (χ4v) is 2.93. The lowest BCUT2D eigenvalue weighted by atomic mass is 9.79. The van der Waals surface area contributed by atoms with Gasteiger partial charge in [-0.05, 0) is 29.7 Å². The lowest BCUT2D eigenvalue weighted by molar-refractivity contribution is 0.533. The van der Waals surface area contributed by atoms with Gasteiger partial charge >= 0.3 is 0 Å². The Hall–Kier alpha value is -1.06. The van der Waals surface area contributed by atoms with Crippen LogP contribution in [0.5, 0.6) is 0 Å². The van der Waals surface area contributed by atoms with Crippen molar-refractivity contribution in [1.29, 1.82) is 0 Å². The highest BCUT2D eigenvalue weighted by Crippen LogP contribution is 2.31. The zero-order valence-electron chi connectivity index (χ0n) is 10.6. The van der Waals surface area contributed by atoms with Gasteiger partial charge in [0.2, 0.25) is 0 Å². The first-order valence-electron chi connectivity index (χ1n) is 5.95. The standard InChI is InChI=1S/C14H15Cl2FN2/c1-19-8-11(7-18-19)6-14(9-15,10-16)12-2-4-13(17)5-3-12/h2-5,7-8H,6,9-10H2,1H3. The van der Waals surface area contributed by atoms with Crippen molar-refractivity contribution in [3.8, 4) is 0 Å². The third-order valence-electron chi connectivity index (χ3n) is 3.27. The molecule has 5 heteroatoms. The number of hydrogen-bond donors (Lipinski definition) is 0. The SMILES string of the molecule is Cn1cc(CC(CCl)(CCl)c2ccc(F)cc2)cn1. The van der Waals surface area contributed by atoms with Gasteiger partial charge in [0.05, 0.1) is 6.20 Å². The number of aromatic nitrogens is 2. The van der Waals surface area contributed by atoms with Crippen molar-refractivity contribution in [1.82, 2.24) is 9.78 Å². The molecule has 102 valence electrons. The Kier molecular flexibility index (Phi) is 4.48. The fourth-order valence-electron chi connectivity index (χ4n) is 2.14. The molecule has 1 aromatic heterocycles. The zero-order chi connectivity index (χ0) is 13.9. The summed E-state index contributed by atoms with van der Waals surface area (Å²) in [6.45, 7) is 0. The highest BCUT2D eigenvalue weighted by atomic mass is 35.5. The summed E-state index contributed by atoms with van der Waals surface area (Å²) in [5.74, 6) is 0.483. The van der Waals surface area contributed by atoms with Gasteiger partial charge in [-0.3, -0.25) is 4.68 Å². The van der Waals surface area contributed by atoms with Crippen LogP contribution in [-0.4, -0.2) is 21.5 Å². The first-order chi connectivity index (χ1) is 9.09. The average molecular weight is 301 g/mol. The fraction of sp³-hybridized carbons (Fsp3) is 0.357. The Morgan fingerprint density at radius 3 is 2.32 bits per heavy atom. The minimum absolute atomic E-state index is 0.261. The Morgan fingerprint density at radius 1 is 1.21 bits per heavy atom. The maximum Gasteiger partial charge on any atom is 0.123 e. The summed E-state index contributed by atoms with van der Waals surface area (Å²) in [5.41, 5.74) is 1.61. The molecule has 1 heterocycles. The second-order valence-electron chi connectivity index (χ2n) is 4.75. The van der Waals surface area contributed by atoms with Gasteiger partial charge in [0.25, 0.3) is 0 Å².